The highest BCUT2D eigenvalue weighted by molar-refractivity contribution is 6.31. The van der Waals surface area contributed by atoms with Crippen LogP contribution in [0.25, 0.3) is 10.8 Å². The van der Waals surface area contributed by atoms with E-state index in [9.17, 15) is 0 Å². The Hall–Kier alpha value is -1.01. The molecule has 0 bridgehead atoms. The van der Waals surface area contributed by atoms with Gasteiger partial charge in [-0.2, -0.15) is 0 Å². The Morgan fingerprint density at radius 3 is 3.00 bits per heavy atom. The summed E-state index contributed by atoms with van der Waals surface area (Å²) in [6.07, 6.45) is 0. The summed E-state index contributed by atoms with van der Waals surface area (Å²) in [7, 11) is 0. The summed E-state index contributed by atoms with van der Waals surface area (Å²) in [5.74, 6) is 0. The number of hydrogen-bond acceptors (Lipinski definition) is 0. The molecule has 0 fully saturated rings. The molecular weight excluding hydrogens is 156 g/mol. The van der Waals surface area contributed by atoms with Crippen molar-refractivity contribution in [1.29, 1.82) is 0 Å². The largest absolute Gasteiger partial charge is 0.0843 e. The molecule has 0 spiro atoms. The predicted octanol–water partition coefficient (Wildman–Crippen LogP) is 3.29. The minimum absolute atomic E-state index is 0.764. The van der Waals surface area contributed by atoms with Crippen LogP contribution in [0.5, 0.6) is 0 Å². The molecule has 2 aromatic rings. The van der Waals surface area contributed by atoms with Crippen molar-refractivity contribution in [2.75, 3.05) is 0 Å². The highest BCUT2D eigenvalue weighted by Crippen LogP contribution is 2.17. The molecule has 0 unspecified atom stereocenters. The van der Waals surface area contributed by atoms with Crippen LogP contribution in [0.4, 0.5) is 0 Å². The Labute approximate surface area is 70.4 Å². The summed E-state index contributed by atoms with van der Waals surface area (Å²) in [6, 6.07) is 14.8. The molecule has 0 aromatic heterocycles. The lowest BCUT2D eigenvalue weighted by Gasteiger charge is -1.95. The van der Waals surface area contributed by atoms with Crippen molar-refractivity contribution in [3.63, 3.8) is 0 Å². The van der Waals surface area contributed by atoms with E-state index in [1.54, 1.807) is 0 Å². The van der Waals surface area contributed by atoms with E-state index in [0.717, 1.165) is 10.4 Å². The molecule has 53 valence electrons. The third kappa shape index (κ3) is 1.22. The Balaban J connectivity index is 2.83. The summed E-state index contributed by atoms with van der Waals surface area (Å²) in [5.41, 5.74) is 0. The number of benzene rings is 2. The topological polar surface area (TPSA) is 0 Å². The quantitative estimate of drug-likeness (QED) is 0.556. The van der Waals surface area contributed by atoms with Crippen molar-refractivity contribution in [3.8, 4) is 0 Å². The molecule has 0 heterocycles. The van der Waals surface area contributed by atoms with Gasteiger partial charge in [0.05, 0.1) is 0 Å². The Morgan fingerprint density at radius 1 is 1.18 bits per heavy atom. The van der Waals surface area contributed by atoms with E-state index in [4.69, 9.17) is 11.6 Å². The van der Waals surface area contributed by atoms with Gasteiger partial charge in [0.15, 0.2) is 0 Å². The lowest BCUT2D eigenvalue weighted by molar-refractivity contribution is 1.74. The second-order valence-electron chi connectivity index (χ2n) is 2.40. The molecule has 0 saturated carbocycles. The van der Waals surface area contributed by atoms with Gasteiger partial charge in [0.1, 0.15) is 0 Å². The van der Waals surface area contributed by atoms with Crippen LogP contribution in [-0.4, -0.2) is 0 Å². The molecule has 0 amide bonds. The number of rotatable bonds is 0. The normalized spacial score (nSPS) is 10.3. The summed E-state index contributed by atoms with van der Waals surface area (Å²) in [5, 5.41) is 3.01. The van der Waals surface area contributed by atoms with Gasteiger partial charge in [-0.15, -0.1) is 0 Å². The van der Waals surface area contributed by atoms with Crippen molar-refractivity contribution in [1.82, 2.24) is 0 Å². The molecule has 2 rings (SSSR count). The van der Waals surface area contributed by atoms with Crippen LogP contribution in [0.3, 0.4) is 0 Å². The summed E-state index contributed by atoms with van der Waals surface area (Å²) in [4.78, 5) is 0. The molecule has 0 aliphatic heterocycles. The van der Waals surface area contributed by atoms with E-state index in [1.165, 1.54) is 5.39 Å². The van der Waals surface area contributed by atoms with Gasteiger partial charge >= 0.3 is 0 Å². The van der Waals surface area contributed by atoms with Crippen molar-refractivity contribution in [2.45, 2.75) is 0 Å². The first-order chi connectivity index (χ1) is 5.36. The highest BCUT2D eigenvalue weighted by Gasteiger charge is 1.91. The zero-order chi connectivity index (χ0) is 7.68. The fraction of sp³-hybridized carbons (Fsp3) is 0. The maximum Gasteiger partial charge on any atom is 0.0412 e. The van der Waals surface area contributed by atoms with Gasteiger partial charge in [0.25, 0.3) is 0 Å². The van der Waals surface area contributed by atoms with Gasteiger partial charge in [-0.05, 0) is 29.0 Å². The zero-order valence-electron chi connectivity index (χ0n) is 5.84. The van der Waals surface area contributed by atoms with Crippen LogP contribution >= 0.6 is 11.6 Å². The lowest BCUT2D eigenvalue weighted by Crippen LogP contribution is -1.70. The van der Waals surface area contributed by atoms with Gasteiger partial charge in [0, 0.05) is 5.02 Å². The summed E-state index contributed by atoms with van der Waals surface area (Å²) < 4.78 is 0. The van der Waals surface area contributed by atoms with E-state index >= 15 is 0 Å². The Kier molecular flexibility index (Phi) is 1.55. The average Bonchev–Trinajstić information content (AvgIpc) is 2.04. The molecule has 1 heteroatoms. The van der Waals surface area contributed by atoms with Gasteiger partial charge in [-0.25, -0.2) is 0 Å². The smallest absolute Gasteiger partial charge is 0.0412 e. The number of hydrogen-bond donors (Lipinski definition) is 0. The highest BCUT2D eigenvalue weighted by atomic mass is 35.5. The molecular formula is C10H6Cl. The van der Waals surface area contributed by atoms with Crippen LogP contribution in [0.2, 0.25) is 5.02 Å². The van der Waals surface area contributed by atoms with Gasteiger partial charge in [-0.3, -0.25) is 0 Å². The fourth-order valence-electron chi connectivity index (χ4n) is 1.09. The first kappa shape index (κ1) is 6.68. The summed E-state index contributed by atoms with van der Waals surface area (Å²) >= 11 is 5.80. The fourth-order valence-corrected chi connectivity index (χ4v) is 1.26. The minimum atomic E-state index is 0.764. The third-order valence-electron chi connectivity index (χ3n) is 1.63. The molecule has 2 aromatic carbocycles. The number of fused-ring (bicyclic) bond motifs is 1. The third-order valence-corrected chi connectivity index (χ3v) is 1.86. The van der Waals surface area contributed by atoms with Crippen molar-refractivity contribution < 1.29 is 0 Å². The molecule has 0 nitrogen and oxygen atoms in total. The Morgan fingerprint density at radius 2 is 2.09 bits per heavy atom. The lowest BCUT2D eigenvalue weighted by atomic mass is 10.1. The first-order valence-corrected chi connectivity index (χ1v) is 3.80. The molecule has 0 aliphatic rings. The van der Waals surface area contributed by atoms with E-state index < -0.39 is 0 Å². The van der Waals surface area contributed by atoms with Crippen LogP contribution in [-0.2, 0) is 0 Å². The van der Waals surface area contributed by atoms with E-state index in [2.05, 4.69) is 6.07 Å². The van der Waals surface area contributed by atoms with E-state index in [0.29, 0.717) is 0 Å². The first-order valence-electron chi connectivity index (χ1n) is 3.42. The minimum Gasteiger partial charge on any atom is -0.0843 e. The van der Waals surface area contributed by atoms with Crippen LogP contribution in [0.15, 0.2) is 36.4 Å². The standard InChI is InChI=1S/C10H6Cl/c11-10-6-5-8-3-1-2-4-9(8)7-10/h1-3,5-7H. The van der Waals surface area contributed by atoms with Crippen molar-refractivity contribution in [2.24, 2.45) is 0 Å². The second kappa shape index (κ2) is 2.55. The maximum absolute atomic E-state index is 5.80. The monoisotopic (exact) mass is 161 g/mol. The van der Waals surface area contributed by atoms with Crippen LogP contribution in [0.1, 0.15) is 0 Å². The Bertz CT molecular complexity index is 379. The molecule has 1 radical (unpaired) electrons. The molecule has 11 heavy (non-hydrogen) atoms. The van der Waals surface area contributed by atoms with Crippen molar-refractivity contribution in [3.05, 3.63) is 47.5 Å². The maximum atomic E-state index is 5.80. The molecule has 0 atom stereocenters. The van der Waals surface area contributed by atoms with E-state index in [-0.39, 0.29) is 0 Å². The molecule has 0 saturated heterocycles. The average molecular weight is 162 g/mol. The van der Waals surface area contributed by atoms with Crippen LogP contribution < -0.4 is 0 Å². The molecule has 0 N–H and O–H groups in total. The van der Waals surface area contributed by atoms with Crippen LogP contribution in [0, 0.1) is 6.07 Å². The summed E-state index contributed by atoms with van der Waals surface area (Å²) in [6.45, 7) is 0. The van der Waals surface area contributed by atoms with Gasteiger partial charge in [-0.1, -0.05) is 35.9 Å². The van der Waals surface area contributed by atoms with Crippen molar-refractivity contribution >= 4 is 22.4 Å². The van der Waals surface area contributed by atoms with Gasteiger partial charge < -0.3 is 0 Å². The number of halogens is 1. The van der Waals surface area contributed by atoms with E-state index in [1.807, 2.05) is 36.4 Å². The molecule has 0 aliphatic carbocycles. The second-order valence-corrected chi connectivity index (χ2v) is 2.84. The van der Waals surface area contributed by atoms with Gasteiger partial charge in [0.2, 0.25) is 0 Å². The zero-order valence-corrected chi connectivity index (χ0v) is 6.60. The predicted molar refractivity (Wildman–Crippen MR) is 47.8 cm³/mol. The SMILES string of the molecule is Clc1ccc2ccc[c]c2c1.